The maximum atomic E-state index is 13.7. The molecule has 0 bridgehead atoms. The zero-order chi connectivity index (χ0) is 19.8. The lowest BCUT2D eigenvalue weighted by Gasteiger charge is -2.10. The number of halogens is 3. The highest BCUT2D eigenvalue weighted by Crippen LogP contribution is 2.44. The quantitative estimate of drug-likeness (QED) is 0.620. The molecule has 3 aromatic rings. The third-order valence-electron chi connectivity index (χ3n) is 3.86. The van der Waals surface area contributed by atoms with Crippen LogP contribution in [0.4, 0.5) is 18.9 Å². The number of aromatic nitrogens is 3. The van der Waals surface area contributed by atoms with Gasteiger partial charge in [0.2, 0.25) is 0 Å². The first kappa shape index (κ1) is 19.8. The summed E-state index contributed by atoms with van der Waals surface area (Å²) in [4.78, 5) is 4.43. The molecule has 2 N–H and O–H groups in total. The van der Waals surface area contributed by atoms with Gasteiger partial charge < -0.3 is 10.5 Å². The molecule has 0 saturated carbocycles. The van der Waals surface area contributed by atoms with Crippen LogP contribution in [0.25, 0.3) is 21.5 Å². The molecule has 0 aliphatic heterocycles. The standard InChI is InChI=1S/C16H17F3N4O2S2/c1-23-8-9(7-21-23)11-6-10(16(17,18)19)12-13(20)15(26-14(12)22-11)27(24)5-3-4-25-2/h6-8H,3-5,20H2,1-2H3. The van der Waals surface area contributed by atoms with Gasteiger partial charge in [0.25, 0.3) is 0 Å². The fourth-order valence-corrected chi connectivity index (χ4v) is 5.25. The van der Waals surface area contributed by atoms with E-state index in [9.17, 15) is 17.4 Å². The summed E-state index contributed by atoms with van der Waals surface area (Å²) in [5, 5.41) is 3.77. The largest absolute Gasteiger partial charge is 0.417 e. The highest BCUT2D eigenvalue weighted by atomic mass is 32.2. The SMILES string of the molecule is COCCCS(=O)c1sc2nc(-c3cnn(C)c3)cc(C(F)(F)F)c2c1N. The van der Waals surface area contributed by atoms with E-state index in [4.69, 9.17) is 10.5 Å². The van der Waals surface area contributed by atoms with E-state index < -0.39 is 22.5 Å². The molecule has 0 aliphatic rings. The summed E-state index contributed by atoms with van der Waals surface area (Å²) >= 11 is 0.932. The second-order valence-corrected chi connectivity index (χ2v) is 8.60. The number of fused-ring (bicyclic) bond motifs is 1. The van der Waals surface area contributed by atoms with Gasteiger partial charge in [0.1, 0.15) is 9.04 Å². The third kappa shape index (κ3) is 3.99. The topological polar surface area (TPSA) is 83.0 Å². The lowest BCUT2D eigenvalue weighted by atomic mass is 10.1. The van der Waals surface area contributed by atoms with Crippen molar-refractivity contribution in [1.29, 1.82) is 0 Å². The molecule has 146 valence electrons. The highest BCUT2D eigenvalue weighted by molar-refractivity contribution is 7.87. The summed E-state index contributed by atoms with van der Waals surface area (Å²) in [6.07, 6.45) is -1.09. The normalized spacial score (nSPS) is 13.4. The number of rotatable bonds is 6. The summed E-state index contributed by atoms with van der Waals surface area (Å²) in [5.41, 5.74) is 5.55. The first-order valence-corrected chi connectivity index (χ1v) is 10.0. The molecule has 0 spiro atoms. The Hall–Kier alpha value is -1.98. The molecule has 0 radical (unpaired) electrons. The number of aryl methyl sites for hydroxylation is 1. The minimum absolute atomic E-state index is 0.108. The Kier molecular flexibility index (Phi) is 5.54. The molecule has 3 rings (SSSR count). The molecule has 27 heavy (non-hydrogen) atoms. The van der Waals surface area contributed by atoms with Gasteiger partial charge in [-0.3, -0.25) is 8.89 Å². The molecular weight excluding hydrogens is 401 g/mol. The molecule has 3 heterocycles. The number of ether oxygens (including phenoxy) is 1. The van der Waals surface area contributed by atoms with Crippen molar-refractivity contribution in [3.63, 3.8) is 0 Å². The number of nitrogens with zero attached hydrogens (tertiary/aromatic N) is 3. The van der Waals surface area contributed by atoms with Crippen molar-refractivity contribution < 1.29 is 22.1 Å². The number of hydrogen-bond donors (Lipinski definition) is 1. The first-order valence-electron chi connectivity index (χ1n) is 7.89. The Morgan fingerprint density at radius 1 is 1.41 bits per heavy atom. The Labute approximate surface area is 159 Å². The van der Waals surface area contributed by atoms with Crippen molar-refractivity contribution in [2.24, 2.45) is 7.05 Å². The molecule has 1 unspecified atom stereocenters. The van der Waals surface area contributed by atoms with Crippen LogP contribution in [0.3, 0.4) is 0 Å². The van der Waals surface area contributed by atoms with E-state index in [0.29, 0.717) is 18.6 Å². The fourth-order valence-electron chi connectivity index (χ4n) is 2.62. The molecule has 0 fully saturated rings. The number of alkyl halides is 3. The zero-order valence-electron chi connectivity index (χ0n) is 14.5. The van der Waals surface area contributed by atoms with Crippen LogP contribution in [0, 0.1) is 0 Å². The lowest BCUT2D eigenvalue weighted by Crippen LogP contribution is -2.08. The smallest absolute Gasteiger partial charge is 0.396 e. The van der Waals surface area contributed by atoms with Gasteiger partial charge in [-0.25, -0.2) is 4.98 Å². The maximum Gasteiger partial charge on any atom is 0.417 e. The second kappa shape index (κ2) is 7.56. The van der Waals surface area contributed by atoms with Crippen LogP contribution in [-0.4, -0.2) is 38.4 Å². The van der Waals surface area contributed by atoms with E-state index in [0.717, 1.165) is 17.4 Å². The summed E-state index contributed by atoms with van der Waals surface area (Å²) in [5.74, 6) is 0.252. The molecule has 0 aliphatic carbocycles. The molecule has 0 amide bonds. The van der Waals surface area contributed by atoms with Crippen molar-refractivity contribution in [3.8, 4) is 11.3 Å². The summed E-state index contributed by atoms with van der Waals surface area (Å²) < 4.78 is 60.1. The van der Waals surface area contributed by atoms with Gasteiger partial charge in [-0.05, 0) is 12.5 Å². The predicted octanol–water partition coefficient (Wildman–Crippen LogP) is 3.44. The predicted molar refractivity (Wildman–Crippen MR) is 99.0 cm³/mol. The third-order valence-corrected chi connectivity index (χ3v) is 6.85. The lowest BCUT2D eigenvalue weighted by molar-refractivity contribution is -0.136. The summed E-state index contributed by atoms with van der Waals surface area (Å²) in [6, 6.07) is 0.958. The van der Waals surface area contributed by atoms with Crippen LogP contribution in [0.1, 0.15) is 12.0 Å². The average molecular weight is 418 g/mol. The average Bonchev–Trinajstić information content (AvgIpc) is 3.17. The number of methoxy groups -OCH3 is 1. The molecule has 6 nitrogen and oxygen atoms in total. The molecule has 3 aromatic heterocycles. The Morgan fingerprint density at radius 2 is 2.15 bits per heavy atom. The van der Waals surface area contributed by atoms with Crippen LogP contribution >= 0.6 is 11.3 Å². The Bertz CT molecular complexity index is 998. The van der Waals surface area contributed by atoms with Crippen molar-refractivity contribution in [3.05, 3.63) is 24.0 Å². The van der Waals surface area contributed by atoms with Crippen LogP contribution in [0.2, 0.25) is 0 Å². The molecule has 11 heteroatoms. The molecule has 0 saturated heterocycles. The number of hydrogen-bond acceptors (Lipinski definition) is 6. The van der Waals surface area contributed by atoms with Crippen LogP contribution < -0.4 is 5.73 Å². The van der Waals surface area contributed by atoms with Gasteiger partial charge in [0.15, 0.2) is 0 Å². The molecule has 1 atom stereocenters. The van der Waals surface area contributed by atoms with Crippen molar-refractivity contribution >= 4 is 38.0 Å². The van der Waals surface area contributed by atoms with Gasteiger partial charge in [-0.1, -0.05) is 0 Å². The Morgan fingerprint density at radius 3 is 2.74 bits per heavy atom. The number of thiophene rings is 1. The monoisotopic (exact) mass is 418 g/mol. The number of pyridine rings is 1. The minimum atomic E-state index is -4.62. The number of anilines is 1. The second-order valence-electron chi connectivity index (χ2n) is 5.83. The van der Waals surface area contributed by atoms with Gasteiger partial charge in [-0.15, -0.1) is 11.3 Å². The summed E-state index contributed by atoms with van der Waals surface area (Å²) in [7, 11) is 1.67. The van der Waals surface area contributed by atoms with Crippen LogP contribution in [-0.2, 0) is 28.8 Å². The molecule has 0 aromatic carbocycles. The van der Waals surface area contributed by atoms with E-state index in [1.54, 1.807) is 13.2 Å². The van der Waals surface area contributed by atoms with Gasteiger partial charge >= 0.3 is 6.18 Å². The summed E-state index contributed by atoms with van der Waals surface area (Å²) in [6.45, 7) is 0.410. The Balaban J connectivity index is 2.15. The van der Waals surface area contributed by atoms with Crippen molar-refractivity contribution in [2.45, 2.75) is 16.8 Å². The highest BCUT2D eigenvalue weighted by Gasteiger charge is 2.36. The van der Waals surface area contributed by atoms with E-state index in [1.807, 2.05) is 0 Å². The zero-order valence-corrected chi connectivity index (χ0v) is 16.2. The van der Waals surface area contributed by atoms with Crippen molar-refractivity contribution in [1.82, 2.24) is 14.8 Å². The molecular formula is C16H17F3N4O2S2. The van der Waals surface area contributed by atoms with Gasteiger partial charge in [0.05, 0.1) is 33.9 Å². The van der Waals surface area contributed by atoms with E-state index in [-0.39, 0.29) is 31.6 Å². The van der Waals surface area contributed by atoms with Crippen LogP contribution in [0.15, 0.2) is 22.7 Å². The van der Waals surface area contributed by atoms with E-state index in [2.05, 4.69) is 10.1 Å². The van der Waals surface area contributed by atoms with Gasteiger partial charge in [-0.2, -0.15) is 18.3 Å². The maximum absolute atomic E-state index is 13.7. The van der Waals surface area contributed by atoms with Crippen LogP contribution in [0.5, 0.6) is 0 Å². The van der Waals surface area contributed by atoms with E-state index in [1.165, 1.54) is 18.0 Å². The first-order chi connectivity index (χ1) is 12.7. The number of nitrogens with two attached hydrogens (primary N) is 1. The minimum Gasteiger partial charge on any atom is -0.396 e. The van der Waals surface area contributed by atoms with Gasteiger partial charge in [0, 0.05) is 43.7 Å². The number of nitrogen functional groups attached to an aromatic ring is 1. The van der Waals surface area contributed by atoms with E-state index >= 15 is 0 Å². The van der Waals surface area contributed by atoms with Crippen molar-refractivity contribution in [2.75, 3.05) is 25.2 Å². The fraction of sp³-hybridized carbons (Fsp3) is 0.375.